The number of hydrogen-bond donors (Lipinski definition) is 1. The summed E-state index contributed by atoms with van der Waals surface area (Å²) in [5.74, 6) is -0.149. The van der Waals surface area contributed by atoms with Crippen LogP contribution < -0.4 is 5.73 Å². The zero-order chi connectivity index (χ0) is 14.9. The molecule has 2 N–H and O–H groups in total. The van der Waals surface area contributed by atoms with Crippen LogP contribution in [0.3, 0.4) is 0 Å². The molecule has 0 aliphatic rings. The summed E-state index contributed by atoms with van der Waals surface area (Å²) in [7, 11) is -1.35. The molecule has 1 atom stereocenters. The summed E-state index contributed by atoms with van der Waals surface area (Å²) in [6.45, 7) is 4.55. The molecule has 1 aromatic carbocycles. The Bertz CT molecular complexity index is 672. The van der Waals surface area contributed by atoms with Gasteiger partial charge in [0.05, 0.1) is 43.0 Å². The third-order valence-corrected chi connectivity index (χ3v) is 5.37. The Kier molecular flexibility index (Phi) is 4.59. The number of aromatic nitrogens is 2. The van der Waals surface area contributed by atoms with Crippen molar-refractivity contribution in [2.75, 3.05) is 5.73 Å². The lowest BCUT2D eigenvalue weighted by molar-refractivity contribution is 0.624. The second-order valence-corrected chi connectivity index (χ2v) is 6.55. The molecule has 0 saturated carbocycles. The van der Waals surface area contributed by atoms with Crippen molar-refractivity contribution in [1.29, 1.82) is 0 Å². The third kappa shape index (κ3) is 2.93. The fourth-order valence-electron chi connectivity index (χ4n) is 1.94. The molecule has 0 bridgehead atoms. The molecule has 0 radical (unpaired) electrons. The molecule has 0 spiro atoms. The van der Waals surface area contributed by atoms with Crippen LogP contribution in [0.2, 0.25) is 0 Å². The molecule has 108 valence electrons. The number of rotatable bonds is 4. The zero-order valence-electron chi connectivity index (χ0n) is 11.2. The second-order valence-electron chi connectivity index (χ2n) is 4.33. The molecule has 4 nitrogen and oxygen atoms in total. The van der Waals surface area contributed by atoms with E-state index >= 15 is 0 Å². The Morgan fingerprint density at radius 2 is 2.20 bits per heavy atom. The molecular weight excluding hydrogens is 345 g/mol. The van der Waals surface area contributed by atoms with Crippen LogP contribution in [0.15, 0.2) is 27.6 Å². The summed E-state index contributed by atoms with van der Waals surface area (Å²) in [4.78, 5) is 0.444. The van der Waals surface area contributed by atoms with Crippen LogP contribution in [0.5, 0.6) is 0 Å². The van der Waals surface area contributed by atoms with Gasteiger partial charge in [-0.1, -0.05) is 0 Å². The number of hydrogen-bond acceptors (Lipinski definition) is 3. The molecular formula is C13H15BrFN3OS. The van der Waals surface area contributed by atoms with Gasteiger partial charge in [0.25, 0.3) is 0 Å². The first-order chi connectivity index (χ1) is 9.43. The number of benzene rings is 1. The van der Waals surface area contributed by atoms with Crippen LogP contribution in [0.4, 0.5) is 10.1 Å². The molecule has 0 fully saturated rings. The van der Waals surface area contributed by atoms with E-state index in [9.17, 15) is 8.60 Å². The summed E-state index contributed by atoms with van der Waals surface area (Å²) in [5.41, 5.74) is 7.64. The number of nitrogen functional groups attached to an aromatic ring is 1. The normalized spacial score (nSPS) is 12.6. The summed E-state index contributed by atoms with van der Waals surface area (Å²) in [6.07, 6.45) is 0. The number of anilines is 1. The fourth-order valence-corrected chi connectivity index (χ4v) is 3.78. The van der Waals surface area contributed by atoms with Crippen LogP contribution >= 0.6 is 15.9 Å². The van der Waals surface area contributed by atoms with Gasteiger partial charge in [-0.3, -0.25) is 8.89 Å². The second kappa shape index (κ2) is 6.05. The van der Waals surface area contributed by atoms with E-state index in [-0.39, 0.29) is 11.4 Å². The van der Waals surface area contributed by atoms with E-state index < -0.39 is 16.6 Å². The Hall–Kier alpha value is -1.21. The lowest BCUT2D eigenvalue weighted by Crippen LogP contribution is -2.08. The average Bonchev–Trinajstić information content (AvgIpc) is 2.66. The third-order valence-electron chi connectivity index (χ3n) is 2.94. The van der Waals surface area contributed by atoms with Gasteiger partial charge in [0.2, 0.25) is 0 Å². The minimum Gasteiger partial charge on any atom is -0.398 e. The fraction of sp³-hybridized carbons (Fsp3) is 0.308. The van der Waals surface area contributed by atoms with Crippen molar-refractivity contribution >= 4 is 32.4 Å². The van der Waals surface area contributed by atoms with Crippen molar-refractivity contribution in [1.82, 2.24) is 9.78 Å². The Morgan fingerprint density at radius 3 is 2.80 bits per heavy atom. The Morgan fingerprint density at radius 1 is 1.50 bits per heavy atom. The van der Waals surface area contributed by atoms with Crippen LogP contribution in [0.25, 0.3) is 0 Å². The topological polar surface area (TPSA) is 60.9 Å². The molecule has 2 aromatic rings. The number of halogens is 2. The number of aryl methyl sites for hydroxylation is 2. The molecule has 1 aromatic heterocycles. The molecule has 1 heterocycles. The number of nitrogens with zero attached hydrogens (tertiary/aromatic N) is 2. The van der Waals surface area contributed by atoms with Crippen molar-refractivity contribution in [2.45, 2.75) is 31.0 Å². The van der Waals surface area contributed by atoms with E-state index in [1.54, 1.807) is 4.68 Å². The van der Waals surface area contributed by atoms with Gasteiger partial charge >= 0.3 is 0 Å². The smallest absolute Gasteiger partial charge is 0.125 e. The standard InChI is InChI=1S/C13H15BrFN3OS/c1-3-18-11(13(14)8(2)17-18)7-20(19)12-5-4-9(15)6-10(12)16/h4-6H,3,7,16H2,1-2H3. The summed E-state index contributed by atoms with van der Waals surface area (Å²) in [6, 6.07) is 3.92. The maximum Gasteiger partial charge on any atom is 0.125 e. The largest absolute Gasteiger partial charge is 0.398 e. The quantitative estimate of drug-likeness (QED) is 0.853. The average molecular weight is 360 g/mol. The van der Waals surface area contributed by atoms with Crippen molar-refractivity contribution in [3.8, 4) is 0 Å². The molecule has 0 aliphatic carbocycles. The summed E-state index contributed by atoms with van der Waals surface area (Å²) < 4.78 is 28.1. The predicted molar refractivity (Wildman–Crippen MR) is 81.3 cm³/mol. The van der Waals surface area contributed by atoms with Gasteiger partial charge in [0, 0.05) is 6.54 Å². The van der Waals surface area contributed by atoms with E-state index in [1.165, 1.54) is 18.2 Å². The Labute approximate surface area is 127 Å². The highest BCUT2D eigenvalue weighted by Crippen LogP contribution is 2.26. The van der Waals surface area contributed by atoms with Gasteiger partial charge in [-0.2, -0.15) is 5.10 Å². The van der Waals surface area contributed by atoms with E-state index in [2.05, 4.69) is 21.0 Å². The Balaban J connectivity index is 2.32. The van der Waals surface area contributed by atoms with Crippen LogP contribution in [0.1, 0.15) is 18.3 Å². The summed E-state index contributed by atoms with van der Waals surface area (Å²) >= 11 is 3.46. The molecule has 2 rings (SSSR count). The zero-order valence-corrected chi connectivity index (χ0v) is 13.6. The van der Waals surface area contributed by atoms with Gasteiger partial charge < -0.3 is 5.73 Å². The van der Waals surface area contributed by atoms with Crippen molar-refractivity contribution < 1.29 is 8.60 Å². The van der Waals surface area contributed by atoms with Gasteiger partial charge in [0.1, 0.15) is 5.82 Å². The maximum absolute atomic E-state index is 13.0. The number of nitrogens with two attached hydrogens (primary N) is 1. The molecule has 0 saturated heterocycles. The van der Waals surface area contributed by atoms with Gasteiger partial charge in [-0.25, -0.2) is 4.39 Å². The van der Waals surface area contributed by atoms with Crippen LogP contribution in [0, 0.1) is 12.7 Å². The van der Waals surface area contributed by atoms with Crippen molar-refractivity contribution in [3.05, 3.63) is 39.9 Å². The van der Waals surface area contributed by atoms with Gasteiger partial charge in [-0.15, -0.1) is 0 Å². The van der Waals surface area contributed by atoms with Crippen molar-refractivity contribution in [3.63, 3.8) is 0 Å². The molecule has 7 heteroatoms. The van der Waals surface area contributed by atoms with E-state index in [0.717, 1.165) is 15.9 Å². The highest BCUT2D eigenvalue weighted by atomic mass is 79.9. The SMILES string of the molecule is CCn1nc(C)c(Br)c1CS(=O)c1ccc(F)cc1N. The lowest BCUT2D eigenvalue weighted by atomic mass is 10.3. The molecule has 1 unspecified atom stereocenters. The molecule has 0 amide bonds. The monoisotopic (exact) mass is 359 g/mol. The first-order valence-electron chi connectivity index (χ1n) is 6.09. The van der Waals surface area contributed by atoms with E-state index in [1.807, 2.05) is 13.8 Å². The maximum atomic E-state index is 13.0. The minimum atomic E-state index is -1.35. The highest BCUT2D eigenvalue weighted by Gasteiger charge is 2.17. The molecule has 20 heavy (non-hydrogen) atoms. The summed E-state index contributed by atoms with van der Waals surface area (Å²) in [5, 5.41) is 4.36. The first-order valence-corrected chi connectivity index (χ1v) is 8.20. The van der Waals surface area contributed by atoms with Gasteiger partial charge in [-0.05, 0) is 48.0 Å². The first kappa shape index (κ1) is 15.2. The van der Waals surface area contributed by atoms with E-state index in [4.69, 9.17) is 5.73 Å². The highest BCUT2D eigenvalue weighted by molar-refractivity contribution is 9.10. The van der Waals surface area contributed by atoms with Crippen LogP contribution in [-0.4, -0.2) is 14.0 Å². The van der Waals surface area contributed by atoms with Gasteiger partial charge in [0.15, 0.2) is 0 Å². The van der Waals surface area contributed by atoms with E-state index in [0.29, 0.717) is 11.4 Å². The van der Waals surface area contributed by atoms with Crippen LogP contribution in [-0.2, 0) is 23.1 Å². The molecule has 0 aliphatic heterocycles. The lowest BCUT2D eigenvalue weighted by Gasteiger charge is -2.08. The predicted octanol–water partition coefficient (Wildman–Crippen LogP) is 3.00. The minimum absolute atomic E-state index is 0.207. The van der Waals surface area contributed by atoms with Crippen molar-refractivity contribution in [2.24, 2.45) is 0 Å².